The van der Waals surface area contributed by atoms with E-state index in [1.165, 1.54) is 5.56 Å². The van der Waals surface area contributed by atoms with E-state index in [4.69, 9.17) is 0 Å². The lowest BCUT2D eigenvalue weighted by Gasteiger charge is -2.22. The fourth-order valence-corrected chi connectivity index (χ4v) is 1.67. The Morgan fingerprint density at radius 3 is 1.94 bits per heavy atom. The topological polar surface area (TPSA) is 23.5 Å². The minimum absolute atomic E-state index is 0.0267. The Hall–Kier alpha value is -1.80. The van der Waals surface area contributed by atoms with Crippen LogP contribution in [0.15, 0.2) is 60.7 Å². The Kier molecular flexibility index (Phi) is 3.57. The standard InChI is InChI=1S/C14H15NO/c16-12-15(14-9-5-2-6-10-14)11-13-7-3-1-4-8-13/h1-10,16H,11-12H2. The summed E-state index contributed by atoms with van der Waals surface area (Å²) in [5.41, 5.74) is 2.23. The minimum atomic E-state index is 0.0267. The molecule has 0 spiro atoms. The average molecular weight is 213 g/mol. The van der Waals surface area contributed by atoms with Gasteiger partial charge in [0.15, 0.2) is 0 Å². The molecule has 0 unspecified atom stereocenters. The number of benzene rings is 2. The third kappa shape index (κ3) is 2.61. The number of aliphatic hydroxyl groups is 1. The molecule has 0 radical (unpaired) electrons. The van der Waals surface area contributed by atoms with Crippen molar-refractivity contribution >= 4 is 5.69 Å². The molecule has 2 heteroatoms. The Labute approximate surface area is 95.8 Å². The first-order valence-electron chi connectivity index (χ1n) is 5.35. The molecule has 0 atom stereocenters. The van der Waals surface area contributed by atoms with Crippen molar-refractivity contribution in [2.75, 3.05) is 11.6 Å². The normalized spacial score (nSPS) is 10.1. The largest absolute Gasteiger partial charge is 0.376 e. The lowest BCUT2D eigenvalue weighted by molar-refractivity contribution is 0.289. The van der Waals surface area contributed by atoms with E-state index < -0.39 is 0 Å². The number of hydrogen-bond acceptors (Lipinski definition) is 2. The van der Waals surface area contributed by atoms with Crippen molar-refractivity contribution in [3.63, 3.8) is 0 Å². The lowest BCUT2D eigenvalue weighted by Crippen LogP contribution is -2.23. The molecule has 1 N–H and O–H groups in total. The summed E-state index contributed by atoms with van der Waals surface area (Å²) in [6, 6.07) is 20.1. The van der Waals surface area contributed by atoms with Crippen LogP contribution in [0, 0.1) is 0 Å². The highest BCUT2D eigenvalue weighted by atomic mass is 16.3. The van der Waals surface area contributed by atoms with E-state index in [-0.39, 0.29) is 6.73 Å². The number of anilines is 1. The van der Waals surface area contributed by atoms with Crippen molar-refractivity contribution in [1.82, 2.24) is 0 Å². The van der Waals surface area contributed by atoms with Crippen molar-refractivity contribution < 1.29 is 5.11 Å². The second kappa shape index (κ2) is 5.33. The van der Waals surface area contributed by atoms with Crippen molar-refractivity contribution in [3.05, 3.63) is 66.2 Å². The van der Waals surface area contributed by atoms with Gasteiger partial charge in [0.25, 0.3) is 0 Å². The predicted molar refractivity (Wildman–Crippen MR) is 66.2 cm³/mol. The molecule has 0 aliphatic carbocycles. The predicted octanol–water partition coefficient (Wildman–Crippen LogP) is 2.64. The van der Waals surface area contributed by atoms with Crippen LogP contribution in [0.2, 0.25) is 0 Å². The average Bonchev–Trinajstić information content (AvgIpc) is 2.38. The number of nitrogens with zero attached hydrogens (tertiary/aromatic N) is 1. The van der Waals surface area contributed by atoms with Gasteiger partial charge in [0.05, 0.1) is 0 Å². The maximum atomic E-state index is 9.37. The van der Waals surface area contributed by atoms with E-state index in [1.807, 2.05) is 53.4 Å². The van der Waals surface area contributed by atoms with Crippen molar-refractivity contribution in [2.45, 2.75) is 6.54 Å². The first kappa shape index (κ1) is 10.7. The van der Waals surface area contributed by atoms with Crippen LogP contribution < -0.4 is 4.90 Å². The number of para-hydroxylation sites is 1. The highest BCUT2D eigenvalue weighted by molar-refractivity contribution is 5.46. The first-order valence-corrected chi connectivity index (χ1v) is 5.35. The highest BCUT2D eigenvalue weighted by Gasteiger charge is 2.04. The maximum Gasteiger partial charge on any atom is 0.116 e. The summed E-state index contributed by atoms with van der Waals surface area (Å²) in [5, 5.41) is 9.37. The van der Waals surface area contributed by atoms with Crippen LogP contribution in [0.1, 0.15) is 5.56 Å². The van der Waals surface area contributed by atoms with Gasteiger partial charge in [0.1, 0.15) is 6.73 Å². The van der Waals surface area contributed by atoms with Gasteiger partial charge in [-0.3, -0.25) is 0 Å². The van der Waals surface area contributed by atoms with Gasteiger partial charge in [0, 0.05) is 12.2 Å². The fraction of sp³-hybridized carbons (Fsp3) is 0.143. The van der Waals surface area contributed by atoms with Crippen LogP contribution in [0.5, 0.6) is 0 Å². The van der Waals surface area contributed by atoms with Gasteiger partial charge in [-0.1, -0.05) is 48.5 Å². The minimum Gasteiger partial charge on any atom is -0.376 e. The van der Waals surface area contributed by atoms with Crippen molar-refractivity contribution in [1.29, 1.82) is 0 Å². The third-order valence-electron chi connectivity index (χ3n) is 2.51. The van der Waals surface area contributed by atoms with Gasteiger partial charge in [-0.25, -0.2) is 0 Å². The van der Waals surface area contributed by atoms with Gasteiger partial charge in [-0.15, -0.1) is 0 Å². The molecule has 2 rings (SSSR count). The monoisotopic (exact) mass is 213 g/mol. The smallest absolute Gasteiger partial charge is 0.116 e. The van der Waals surface area contributed by atoms with Crippen LogP contribution in [0.4, 0.5) is 5.69 Å². The maximum absolute atomic E-state index is 9.37. The summed E-state index contributed by atoms with van der Waals surface area (Å²) >= 11 is 0. The summed E-state index contributed by atoms with van der Waals surface area (Å²) in [6.07, 6.45) is 0. The summed E-state index contributed by atoms with van der Waals surface area (Å²) in [7, 11) is 0. The van der Waals surface area contributed by atoms with E-state index in [2.05, 4.69) is 12.1 Å². The SMILES string of the molecule is OCN(Cc1ccccc1)c1ccccc1. The lowest BCUT2D eigenvalue weighted by atomic mass is 10.2. The van der Waals surface area contributed by atoms with Crippen LogP contribution in [0.3, 0.4) is 0 Å². The zero-order chi connectivity index (χ0) is 11.2. The summed E-state index contributed by atoms with van der Waals surface area (Å²) < 4.78 is 0. The number of hydrogen-bond donors (Lipinski definition) is 1. The Morgan fingerprint density at radius 2 is 1.38 bits per heavy atom. The highest BCUT2D eigenvalue weighted by Crippen LogP contribution is 2.15. The van der Waals surface area contributed by atoms with Crippen LogP contribution in [0.25, 0.3) is 0 Å². The van der Waals surface area contributed by atoms with E-state index in [1.54, 1.807) is 0 Å². The molecule has 0 amide bonds. The second-order valence-corrected chi connectivity index (χ2v) is 3.66. The summed E-state index contributed by atoms with van der Waals surface area (Å²) in [4.78, 5) is 1.93. The number of rotatable bonds is 4. The van der Waals surface area contributed by atoms with Gasteiger partial charge < -0.3 is 10.0 Å². The zero-order valence-electron chi connectivity index (χ0n) is 9.08. The fourth-order valence-electron chi connectivity index (χ4n) is 1.67. The van der Waals surface area contributed by atoms with E-state index in [0.29, 0.717) is 0 Å². The molecule has 2 nitrogen and oxygen atoms in total. The Bertz CT molecular complexity index is 413. The van der Waals surface area contributed by atoms with E-state index in [9.17, 15) is 5.11 Å². The van der Waals surface area contributed by atoms with E-state index >= 15 is 0 Å². The van der Waals surface area contributed by atoms with Crippen molar-refractivity contribution in [3.8, 4) is 0 Å². The number of aliphatic hydroxyl groups excluding tert-OH is 1. The van der Waals surface area contributed by atoms with Crippen LogP contribution in [-0.4, -0.2) is 11.8 Å². The Morgan fingerprint density at radius 1 is 0.812 bits per heavy atom. The summed E-state index contributed by atoms with van der Waals surface area (Å²) in [5.74, 6) is 0. The molecule has 0 aromatic heterocycles. The van der Waals surface area contributed by atoms with Crippen LogP contribution in [-0.2, 0) is 6.54 Å². The molecule has 2 aromatic rings. The second-order valence-electron chi connectivity index (χ2n) is 3.66. The molecule has 0 saturated carbocycles. The molecule has 0 heterocycles. The molecule has 0 aliphatic heterocycles. The molecular weight excluding hydrogens is 198 g/mol. The van der Waals surface area contributed by atoms with Gasteiger partial charge in [-0.05, 0) is 17.7 Å². The molecule has 2 aromatic carbocycles. The molecule has 0 aliphatic rings. The molecule has 16 heavy (non-hydrogen) atoms. The quantitative estimate of drug-likeness (QED) is 0.789. The van der Waals surface area contributed by atoms with E-state index in [0.717, 1.165) is 12.2 Å². The third-order valence-corrected chi connectivity index (χ3v) is 2.51. The van der Waals surface area contributed by atoms with Gasteiger partial charge >= 0.3 is 0 Å². The zero-order valence-corrected chi connectivity index (χ0v) is 9.08. The van der Waals surface area contributed by atoms with Crippen molar-refractivity contribution in [2.24, 2.45) is 0 Å². The first-order chi connectivity index (χ1) is 7.90. The summed E-state index contributed by atoms with van der Waals surface area (Å²) in [6.45, 7) is 0.750. The molecular formula is C14H15NO. The molecule has 0 bridgehead atoms. The van der Waals surface area contributed by atoms with Gasteiger partial charge in [-0.2, -0.15) is 0 Å². The van der Waals surface area contributed by atoms with Gasteiger partial charge in [0.2, 0.25) is 0 Å². The molecule has 0 fully saturated rings. The molecule has 0 saturated heterocycles. The van der Waals surface area contributed by atoms with Crippen LogP contribution >= 0.6 is 0 Å². The Balaban J connectivity index is 2.13. The molecule has 82 valence electrons.